The van der Waals surface area contributed by atoms with E-state index in [4.69, 9.17) is 5.11 Å². The molecule has 7 heteroatoms. The minimum Gasteiger partial charge on any atom is -0.481 e. The van der Waals surface area contributed by atoms with Gasteiger partial charge >= 0.3 is 5.97 Å². The molecule has 1 N–H and O–H groups in total. The standard InChI is InChI=1S/C13H17N3O3S/c1-16(2)12(19)9-3-4-10(15-14-9)20-8-13(5-6-13)7-11(17)18/h3-4H,5-8H2,1-2H3,(H,17,18). The van der Waals surface area contributed by atoms with Crippen LogP contribution in [0.1, 0.15) is 29.8 Å². The van der Waals surface area contributed by atoms with Crippen molar-refractivity contribution in [3.63, 3.8) is 0 Å². The van der Waals surface area contributed by atoms with Crippen molar-refractivity contribution in [2.24, 2.45) is 5.41 Å². The van der Waals surface area contributed by atoms with Gasteiger partial charge in [-0.2, -0.15) is 0 Å². The van der Waals surface area contributed by atoms with E-state index in [1.165, 1.54) is 16.7 Å². The summed E-state index contributed by atoms with van der Waals surface area (Å²) in [6.45, 7) is 0. The molecule has 1 heterocycles. The minimum atomic E-state index is -0.749. The van der Waals surface area contributed by atoms with Crippen molar-refractivity contribution in [1.29, 1.82) is 0 Å². The van der Waals surface area contributed by atoms with Gasteiger partial charge in [0.05, 0.1) is 6.42 Å². The lowest BCUT2D eigenvalue weighted by Crippen LogP contribution is -2.23. The summed E-state index contributed by atoms with van der Waals surface area (Å²) in [6.07, 6.45) is 2.12. The van der Waals surface area contributed by atoms with Gasteiger partial charge in [-0.25, -0.2) is 0 Å². The zero-order valence-electron chi connectivity index (χ0n) is 11.5. The number of carbonyl (C=O) groups is 2. The van der Waals surface area contributed by atoms with E-state index < -0.39 is 5.97 Å². The van der Waals surface area contributed by atoms with Crippen molar-refractivity contribution < 1.29 is 14.7 Å². The lowest BCUT2D eigenvalue weighted by Gasteiger charge is -2.11. The molecule has 6 nitrogen and oxygen atoms in total. The zero-order chi connectivity index (χ0) is 14.8. The monoisotopic (exact) mass is 295 g/mol. The molecule has 1 aromatic rings. The average Bonchev–Trinajstić information content (AvgIpc) is 3.15. The number of carbonyl (C=O) groups excluding carboxylic acids is 1. The molecule has 1 amide bonds. The van der Waals surface area contributed by atoms with Crippen LogP contribution in [0.5, 0.6) is 0 Å². The Morgan fingerprint density at radius 2 is 2.05 bits per heavy atom. The Labute approximate surface area is 121 Å². The van der Waals surface area contributed by atoms with Gasteiger partial charge in [0.15, 0.2) is 5.69 Å². The number of amides is 1. The van der Waals surface area contributed by atoms with Crippen LogP contribution in [0.15, 0.2) is 17.2 Å². The molecule has 2 rings (SSSR count). The fourth-order valence-corrected chi connectivity index (χ4v) is 2.94. The van der Waals surface area contributed by atoms with Gasteiger partial charge in [0, 0.05) is 19.8 Å². The molecule has 1 aliphatic carbocycles. The van der Waals surface area contributed by atoms with Gasteiger partial charge in [-0.1, -0.05) is 0 Å². The number of rotatable bonds is 6. The molecule has 1 saturated carbocycles. The first-order valence-corrected chi connectivity index (χ1v) is 7.30. The van der Waals surface area contributed by atoms with E-state index in [2.05, 4.69) is 10.2 Å². The first-order chi connectivity index (χ1) is 9.42. The molecular weight excluding hydrogens is 278 g/mol. The Balaban J connectivity index is 1.91. The van der Waals surface area contributed by atoms with Crippen LogP contribution in [0, 0.1) is 5.41 Å². The predicted octanol–water partition coefficient (Wildman–Crippen LogP) is 1.53. The van der Waals surface area contributed by atoms with Gasteiger partial charge in [-0.05, 0) is 30.4 Å². The lowest BCUT2D eigenvalue weighted by atomic mass is 10.1. The van der Waals surface area contributed by atoms with Gasteiger partial charge in [-0.3, -0.25) is 9.59 Å². The Morgan fingerprint density at radius 1 is 1.35 bits per heavy atom. The highest BCUT2D eigenvalue weighted by Crippen LogP contribution is 2.51. The van der Waals surface area contributed by atoms with Crippen molar-refractivity contribution in [1.82, 2.24) is 15.1 Å². The number of carboxylic acid groups (broad SMARTS) is 1. The van der Waals surface area contributed by atoms with E-state index in [0.29, 0.717) is 5.69 Å². The Morgan fingerprint density at radius 3 is 2.50 bits per heavy atom. The Kier molecular flexibility index (Phi) is 4.27. The summed E-state index contributed by atoms with van der Waals surface area (Å²) in [6, 6.07) is 3.40. The molecule has 0 aromatic carbocycles. The molecule has 108 valence electrons. The number of thioether (sulfide) groups is 1. The molecule has 20 heavy (non-hydrogen) atoms. The highest BCUT2D eigenvalue weighted by molar-refractivity contribution is 7.99. The molecule has 0 bridgehead atoms. The summed E-state index contributed by atoms with van der Waals surface area (Å²) in [5, 5.41) is 17.5. The van der Waals surface area contributed by atoms with Crippen molar-refractivity contribution in [3.05, 3.63) is 17.8 Å². The fraction of sp³-hybridized carbons (Fsp3) is 0.538. The minimum absolute atomic E-state index is 0.0731. The molecule has 1 aliphatic rings. The molecule has 0 saturated heterocycles. The third-order valence-corrected chi connectivity index (χ3v) is 4.55. The number of hydrogen-bond acceptors (Lipinski definition) is 5. The van der Waals surface area contributed by atoms with Crippen LogP contribution < -0.4 is 0 Å². The summed E-state index contributed by atoms with van der Waals surface area (Å²) in [4.78, 5) is 23.9. The number of nitrogens with zero attached hydrogens (tertiary/aromatic N) is 3. The highest BCUT2D eigenvalue weighted by atomic mass is 32.2. The maximum atomic E-state index is 11.7. The van der Waals surface area contributed by atoms with Crippen LogP contribution in [0.2, 0.25) is 0 Å². The van der Waals surface area contributed by atoms with Gasteiger partial charge < -0.3 is 10.0 Å². The van der Waals surface area contributed by atoms with E-state index in [0.717, 1.165) is 23.6 Å². The number of carboxylic acids is 1. The maximum Gasteiger partial charge on any atom is 0.303 e. The highest BCUT2D eigenvalue weighted by Gasteiger charge is 2.44. The summed E-state index contributed by atoms with van der Waals surface area (Å²) in [5.74, 6) is -0.200. The van der Waals surface area contributed by atoms with Crippen LogP contribution in [-0.2, 0) is 4.79 Å². The maximum absolute atomic E-state index is 11.7. The van der Waals surface area contributed by atoms with Gasteiger partial charge in [-0.15, -0.1) is 22.0 Å². The molecule has 1 aromatic heterocycles. The summed E-state index contributed by atoms with van der Waals surface area (Å²) < 4.78 is 0. The van der Waals surface area contributed by atoms with Crippen LogP contribution in [0.3, 0.4) is 0 Å². The Bertz CT molecular complexity index is 512. The molecule has 0 atom stereocenters. The van der Waals surface area contributed by atoms with Gasteiger partial charge in [0.25, 0.3) is 5.91 Å². The molecule has 0 unspecified atom stereocenters. The topological polar surface area (TPSA) is 83.4 Å². The zero-order valence-corrected chi connectivity index (χ0v) is 12.3. The normalized spacial score (nSPS) is 15.7. The van der Waals surface area contributed by atoms with E-state index in [1.807, 2.05) is 0 Å². The summed E-state index contributed by atoms with van der Waals surface area (Å²) in [7, 11) is 3.32. The molecular formula is C13H17N3O3S. The molecule has 0 aliphatic heterocycles. The molecule has 1 fully saturated rings. The quantitative estimate of drug-likeness (QED) is 0.801. The summed E-state index contributed by atoms with van der Waals surface area (Å²) in [5.41, 5.74) is 0.238. The van der Waals surface area contributed by atoms with Crippen LogP contribution in [-0.4, -0.2) is 51.9 Å². The van der Waals surface area contributed by atoms with Crippen molar-refractivity contribution in [3.8, 4) is 0 Å². The second-order valence-corrected chi connectivity index (χ2v) is 6.31. The number of hydrogen-bond donors (Lipinski definition) is 1. The second kappa shape index (κ2) is 5.78. The number of aromatic nitrogens is 2. The SMILES string of the molecule is CN(C)C(=O)c1ccc(SCC2(CC(=O)O)CC2)nn1. The largest absolute Gasteiger partial charge is 0.481 e. The first-order valence-electron chi connectivity index (χ1n) is 6.32. The van der Waals surface area contributed by atoms with Crippen molar-refractivity contribution in [2.75, 3.05) is 19.8 Å². The third kappa shape index (κ3) is 3.69. The number of aliphatic carboxylic acids is 1. The first kappa shape index (κ1) is 14.8. The van der Waals surface area contributed by atoms with Crippen LogP contribution >= 0.6 is 11.8 Å². The molecule has 0 spiro atoms. The third-order valence-electron chi connectivity index (χ3n) is 3.27. The van der Waals surface area contributed by atoms with E-state index in [1.54, 1.807) is 26.2 Å². The van der Waals surface area contributed by atoms with E-state index in [9.17, 15) is 9.59 Å². The van der Waals surface area contributed by atoms with Crippen molar-refractivity contribution >= 4 is 23.6 Å². The fourth-order valence-electron chi connectivity index (χ4n) is 1.84. The van der Waals surface area contributed by atoms with E-state index in [-0.39, 0.29) is 17.7 Å². The van der Waals surface area contributed by atoms with Gasteiger partial charge in [0.2, 0.25) is 0 Å². The summed E-state index contributed by atoms with van der Waals surface area (Å²) >= 11 is 1.50. The van der Waals surface area contributed by atoms with E-state index >= 15 is 0 Å². The smallest absolute Gasteiger partial charge is 0.303 e. The van der Waals surface area contributed by atoms with Gasteiger partial charge in [0.1, 0.15) is 5.03 Å². The lowest BCUT2D eigenvalue weighted by molar-refractivity contribution is -0.138. The second-order valence-electron chi connectivity index (χ2n) is 5.32. The van der Waals surface area contributed by atoms with Crippen LogP contribution in [0.25, 0.3) is 0 Å². The Hall–Kier alpha value is -1.63. The molecule has 0 radical (unpaired) electrons. The van der Waals surface area contributed by atoms with Crippen molar-refractivity contribution in [2.45, 2.75) is 24.3 Å². The average molecular weight is 295 g/mol. The van der Waals surface area contributed by atoms with Crippen LogP contribution in [0.4, 0.5) is 0 Å². The predicted molar refractivity (Wildman–Crippen MR) is 74.7 cm³/mol.